The zero-order valence-corrected chi connectivity index (χ0v) is 71.5. The van der Waals surface area contributed by atoms with Crippen molar-refractivity contribution in [1.29, 1.82) is 0 Å². The molecule has 8 heteroatoms. The topological polar surface area (TPSA) is 107 Å². The number of aryl methyl sites for hydroxylation is 4. The number of thiophene rings is 1. The molecule has 3 heterocycles. The van der Waals surface area contributed by atoms with Gasteiger partial charge in [-0.2, -0.15) is 0 Å². The number of hydrogen-bond donors (Lipinski definition) is 4. The van der Waals surface area contributed by atoms with Gasteiger partial charge in [-0.05, 0) is 190 Å². The summed E-state index contributed by atoms with van der Waals surface area (Å²) in [6, 6.07) is 22.0. The zero-order valence-electron chi connectivity index (χ0n) is 70.7. The predicted octanol–water partition coefficient (Wildman–Crippen LogP) is 26.6. The lowest BCUT2D eigenvalue weighted by Crippen LogP contribution is -2.52. The van der Waals surface area contributed by atoms with E-state index >= 15 is 0 Å². The van der Waals surface area contributed by atoms with E-state index in [1.807, 2.05) is 65.0 Å². The second-order valence-electron chi connectivity index (χ2n) is 42.7. The van der Waals surface area contributed by atoms with Gasteiger partial charge < -0.3 is 25.1 Å². The molecule has 2 aromatic carbocycles. The van der Waals surface area contributed by atoms with Gasteiger partial charge in [0.2, 0.25) is 11.8 Å². The summed E-state index contributed by atoms with van der Waals surface area (Å²) in [6.07, 6.45) is 20.3. The van der Waals surface area contributed by atoms with Crippen LogP contribution in [0.25, 0.3) is 10.9 Å². The molecule has 1 atom stereocenters. The number of amides is 2. The number of carbonyl (C=O) groups excluding carboxylic acids is 2. The van der Waals surface area contributed by atoms with Crippen molar-refractivity contribution in [3.63, 3.8) is 0 Å². The van der Waals surface area contributed by atoms with E-state index in [2.05, 4.69) is 278 Å². The fourth-order valence-electron chi connectivity index (χ4n) is 11.5. The number of fused-ring (bicyclic) bond motifs is 1. The summed E-state index contributed by atoms with van der Waals surface area (Å²) in [5, 5.41) is 17.8. The lowest BCUT2D eigenvalue weighted by molar-refractivity contribution is -0.131. The molecule has 7 rings (SSSR count). The van der Waals surface area contributed by atoms with Crippen molar-refractivity contribution in [2.45, 2.75) is 379 Å². The van der Waals surface area contributed by atoms with Gasteiger partial charge in [0.1, 0.15) is 17.3 Å². The van der Waals surface area contributed by atoms with Crippen LogP contribution >= 0.6 is 11.3 Å². The third kappa shape index (κ3) is 33.7. The Balaban J connectivity index is 0.000000401. The van der Waals surface area contributed by atoms with E-state index in [0.29, 0.717) is 44.8 Å². The minimum absolute atomic E-state index is 0.00181. The van der Waals surface area contributed by atoms with Crippen LogP contribution in [0.3, 0.4) is 0 Å². The number of benzene rings is 2. The lowest BCUT2D eigenvalue weighted by Gasteiger charge is -2.40. The molecule has 560 valence electrons. The van der Waals surface area contributed by atoms with Crippen LogP contribution in [0.2, 0.25) is 0 Å². The van der Waals surface area contributed by atoms with Gasteiger partial charge in [0.05, 0.1) is 0 Å². The third-order valence-electron chi connectivity index (χ3n) is 19.1. The van der Waals surface area contributed by atoms with Gasteiger partial charge in [0, 0.05) is 61.1 Å². The first-order valence-corrected chi connectivity index (χ1v) is 38.9. The molecule has 0 aliphatic heterocycles. The van der Waals surface area contributed by atoms with Gasteiger partial charge >= 0.3 is 0 Å². The van der Waals surface area contributed by atoms with E-state index in [1.165, 1.54) is 102 Å². The summed E-state index contributed by atoms with van der Waals surface area (Å²) in [4.78, 5) is 30.6. The number of phenolic OH excluding ortho intramolecular Hbond substituents is 1. The van der Waals surface area contributed by atoms with E-state index in [4.69, 9.17) is 4.42 Å². The van der Waals surface area contributed by atoms with Crippen molar-refractivity contribution >= 4 is 34.1 Å². The smallest absolute Gasteiger partial charge is 0.225 e. The highest BCUT2D eigenvalue weighted by atomic mass is 32.1. The van der Waals surface area contributed by atoms with Crippen LogP contribution in [0.4, 0.5) is 0 Å². The molecular formula is C90H155N3O4S. The zero-order chi connectivity index (χ0) is 76.1. The number of phenols is 1. The molecule has 2 aliphatic carbocycles. The minimum atomic E-state index is -0.293. The Bertz CT molecular complexity index is 3100. The predicted molar refractivity (Wildman–Crippen MR) is 432 cm³/mol. The minimum Gasteiger partial charge on any atom is -0.508 e. The molecule has 0 bridgehead atoms. The molecule has 2 fully saturated rings. The largest absolute Gasteiger partial charge is 0.508 e. The van der Waals surface area contributed by atoms with Crippen molar-refractivity contribution < 1.29 is 19.1 Å². The van der Waals surface area contributed by atoms with Crippen molar-refractivity contribution in [1.82, 2.24) is 15.6 Å². The number of hydrogen-bond acceptors (Lipinski definition) is 5. The van der Waals surface area contributed by atoms with Crippen LogP contribution in [-0.4, -0.2) is 33.5 Å². The number of rotatable bonds is 11. The highest BCUT2D eigenvalue weighted by Gasteiger charge is 2.53. The summed E-state index contributed by atoms with van der Waals surface area (Å²) < 4.78 is 5.84. The van der Waals surface area contributed by atoms with Crippen LogP contribution in [0.15, 0.2) is 71.3 Å². The van der Waals surface area contributed by atoms with Crippen molar-refractivity contribution in [3.8, 4) is 5.75 Å². The third-order valence-corrected chi connectivity index (χ3v) is 20.7. The van der Waals surface area contributed by atoms with Crippen LogP contribution in [0.5, 0.6) is 5.75 Å². The highest BCUT2D eigenvalue weighted by Crippen LogP contribution is 2.50. The fraction of sp³-hybridized carbons (Fsp3) is 0.733. The molecule has 1 unspecified atom stereocenters. The summed E-state index contributed by atoms with van der Waals surface area (Å²) in [5.41, 5.74) is 8.55. The molecule has 0 radical (unpaired) electrons. The van der Waals surface area contributed by atoms with Crippen molar-refractivity contribution in [2.75, 3.05) is 0 Å². The molecule has 98 heavy (non-hydrogen) atoms. The molecule has 7 nitrogen and oxygen atoms in total. The van der Waals surface area contributed by atoms with Gasteiger partial charge in [-0.25, -0.2) is 0 Å². The second kappa shape index (κ2) is 34.8. The Kier molecular flexibility index (Phi) is 31.9. The van der Waals surface area contributed by atoms with E-state index in [1.54, 1.807) is 0 Å². The maximum Gasteiger partial charge on any atom is 0.225 e. The van der Waals surface area contributed by atoms with Crippen LogP contribution in [0, 0.1) is 49.2 Å². The van der Waals surface area contributed by atoms with E-state index in [0.717, 1.165) is 49.2 Å². The van der Waals surface area contributed by atoms with Gasteiger partial charge in [0.25, 0.3) is 0 Å². The van der Waals surface area contributed by atoms with E-state index in [-0.39, 0.29) is 55.3 Å². The SMILES string of the molecule is CC(C)(C)C(=O)NC(C1CCCCC1)C(C)(C)C.CC(C)(C)C(=O)NC1(C(C)(C)C)CC1.CC(C)(C)CCc1c[nH]c2ccc(C(C)(C)C)cc12.CC(C)(C)CCc1ccc(C(C)(C)C)o1.CC(C)(C)CCc1ccc(C(C)(C)C)s1.CC(C)(C)CCc1ccc(O)c(C(C)(C)C)c1. The Morgan fingerprint density at radius 3 is 1.45 bits per heavy atom. The number of carbonyl (C=O) groups is 2. The summed E-state index contributed by atoms with van der Waals surface area (Å²) in [6.45, 7) is 79.2. The molecule has 3 aromatic heterocycles. The van der Waals surface area contributed by atoms with Crippen LogP contribution < -0.4 is 10.6 Å². The number of aromatic nitrogens is 1. The molecule has 4 N–H and O–H groups in total. The molecule has 5 aromatic rings. The average molecular weight is 1380 g/mol. The van der Waals surface area contributed by atoms with Gasteiger partial charge in [0.15, 0.2) is 0 Å². The Labute approximate surface area is 609 Å². The number of furan rings is 1. The first-order chi connectivity index (χ1) is 43.8. The number of nitrogens with one attached hydrogen (secondary N) is 3. The normalized spacial score (nSPS) is 15.5. The first-order valence-electron chi connectivity index (χ1n) is 38.1. The second-order valence-corrected chi connectivity index (χ2v) is 43.9. The maximum atomic E-state index is 12.3. The molecular weight excluding hydrogens is 1220 g/mol. The van der Waals surface area contributed by atoms with Crippen molar-refractivity contribution in [3.05, 3.63) is 110 Å². The monoisotopic (exact) mass is 1370 g/mol. The Morgan fingerprint density at radius 2 is 1.03 bits per heavy atom. The highest BCUT2D eigenvalue weighted by molar-refractivity contribution is 7.12. The van der Waals surface area contributed by atoms with Crippen LogP contribution in [-0.2, 0) is 56.9 Å². The molecule has 2 saturated carbocycles. The van der Waals surface area contributed by atoms with Gasteiger partial charge in [-0.3, -0.25) is 9.59 Å². The molecule has 0 spiro atoms. The molecule has 0 saturated heterocycles. The van der Waals surface area contributed by atoms with Crippen LogP contribution in [0.1, 0.15) is 363 Å². The number of H-pyrrole nitrogens is 1. The fourth-order valence-corrected chi connectivity index (χ4v) is 12.6. The lowest BCUT2D eigenvalue weighted by atomic mass is 9.72. The number of aromatic hydroxyl groups is 1. The van der Waals surface area contributed by atoms with E-state index < -0.39 is 0 Å². The standard InChI is InChI=1S/C18H27N.C16H31NO.C16H26O.C14H24O.C14H24S.C12H23NO/c1-17(2,3)10-9-13-12-19-16-8-7-14(11-15(13)16)18(4,5)6;1-15(2,3)13(12-10-8-7-9-11-12)17-14(18)16(4,5)6;1-15(2,3)10-9-12-7-8-14(17)13(11-12)16(4,5)6;2*1-13(2,3)10-9-11-7-8-12(15-11)14(4,5)6;1-10(2,3)9(14)13-12(7-8-12)11(4,5)6/h7-8,11-12,19H,9-10H2,1-6H3;12-13H,7-11H2,1-6H3,(H,17,18);7-8,11,17H,9-10H2,1-6H3;2*7-8H,9-10H2,1-6H3;7-8H2,1-6H3,(H,13,14). The summed E-state index contributed by atoms with van der Waals surface area (Å²) >= 11 is 1.98. The van der Waals surface area contributed by atoms with E-state index in [9.17, 15) is 14.7 Å². The summed E-state index contributed by atoms with van der Waals surface area (Å²) in [5.74, 6) is 3.64. The Hall–Kier alpha value is -4.30. The molecule has 2 amide bonds. The van der Waals surface area contributed by atoms with Crippen molar-refractivity contribution in [2.24, 2.45) is 49.2 Å². The first kappa shape index (κ1) is 89.8. The molecule has 2 aliphatic rings. The average Bonchev–Trinajstić information content (AvgIpc) is 1.60. The quantitative estimate of drug-likeness (QED) is 0.106. The van der Waals surface area contributed by atoms with Gasteiger partial charge in [-0.15, -0.1) is 11.3 Å². The van der Waals surface area contributed by atoms with Gasteiger partial charge in [-0.1, -0.05) is 287 Å². The summed E-state index contributed by atoms with van der Waals surface area (Å²) in [7, 11) is 0. The Morgan fingerprint density at radius 1 is 0.531 bits per heavy atom. The number of aromatic amines is 1. The maximum absolute atomic E-state index is 12.3.